The van der Waals surface area contributed by atoms with Gasteiger partial charge in [-0.2, -0.15) is 0 Å². The normalized spacial score (nSPS) is 11.7. The zero-order chi connectivity index (χ0) is 19.6. The molecule has 2 aromatic carbocycles. The fourth-order valence-electron chi connectivity index (χ4n) is 2.99. The largest absolute Gasteiger partial charge is 0.461 e. The lowest BCUT2D eigenvalue weighted by molar-refractivity contribution is 0.575. The maximum atomic E-state index is 5.57. The molecule has 28 heavy (non-hydrogen) atoms. The Morgan fingerprint density at radius 2 is 1.64 bits per heavy atom. The Hall–Kier alpha value is -2.79. The van der Waals surface area contributed by atoms with E-state index >= 15 is 0 Å². The third kappa shape index (κ3) is 3.90. The molecule has 2 aromatic heterocycles. The zero-order valence-electron chi connectivity index (χ0n) is 16.3. The molecule has 0 amide bonds. The number of aromatic nitrogens is 3. The Kier molecular flexibility index (Phi) is 5.09. The molecule has 0 aliphatic carbocycles. The summed E-state index contributed by atoms with van der Waals surface area (Å²) in [5.74, 6) is 2.24. The molecule has 4 rings (SSSR count). The molecule has 4 nitrogen and oxygen atoms in total. The van der Waals surface area contributed by atoms with Gasteiger partial charge in [0, 0.05) is 11.4 Å². The Morgan fingerprint density at radius 1 is 0.893 bits per heavy atom. The van der Waals surface area contributed by atoms with E-state index in [-0.39, 0.29) is 5.41 Å². The molecule has 0 N–H and O–H groups in total. The number of hydrogen-bond donors (Lipinski definition) is 0. The number of thioether (sulfide) groups is 1. The maximum absolute atomic E-state index is 5.57. The summed E-state index contributed by atoms with van der Waals surface area (Å²) in [6.45, 7) is 6.69. The number of benzene rings is 2. The van der Waals surface area contributed by atoms with Crippen LogP contribution in [0.3, 0.4) is 0 Å². The number of nitrogens with zero attached hydrogens (tertiary/aromatic N) is 3. The third-order valence-electron chi connectivity index (χ3n) is 4.58. The summed E-state index contributed by atoms with van der Waals surface area (Å²) in [6.07, 6.45) is 1.66. The highest BCUT2D eigenvalue weighted by molar-refractivity contribution is 7.98. The Labute approximate surface area is 169 Å². The number of furan rings is 1. The average molecular weight is 390 g/mol. The van der Waals surface area contributed by atoms with E-state index in [2.05, 4.69) is 67.4 Å². The van der Waals surface area contributed by atoms with Crippen LogP contribution in [0.4, 0.5) is 0 Å². The van der Waals surface area contributed by atoms with E-state index in [1.807, 2.05) is 34.9 Å². The van der Waals surface area contributed by atoms with Crippen LogP contribution in [0, 0.1) is 0 Å². The third-order valence-corrected chi connectivity index (χ3v) is 5.58. The van der Waals surface area contributed by atoms with Crippen LogP contribution >= 0.6 is 11.8 Å². The van der Waals surface area contributed by atoms with Crippen LogP contribution in [0.15, 0.2) is 82.6 Å². The van der Waals surface area contributed by atoms with Gasteiger partial charge >= 0.3 is 0 Å². The molecule has 0 aliphatic heterocycles. The molecule has 142 valence electrons. The summed E-state index contributed by atoms with van der Waals surface area (Å²) in [7, 11) is 0. The van der Waals surface area contributed by atoms with Crippen molar-refractivity contribution in [1.82, 2.24) is 14.8 Å². The summed E-state index contributed by atoms with van der Waals surface area (Å²) < 4.78 is 7.62. The standard InChI is InChI=1S/C23H23N3OS/c1-23(2,3)18-13-11-17(12-14-18)16-28-22-25-24-21(20-10-7-15-27-20)26(22)19-8-5-4-6-9-19/h4-15H,16H2,1-3H3. The van der Waals surface area contributed by atoms with Crippen molar-refractivity contribution in [3.63, 3.8) is 0 Å². The van der Waals surface area contributed by atoms with E-state index in [4.69, 9.17) is 4.42 Å². The highest BCUT2D eigenvalue weighted by Crippen LogP contribution is 2.30. The van der Waals surface area contributed by atoms with E-state index in [0.29, 0.717) is 11.6 Å². The van der Waals surface area contributed by atoms with Gasteiger partial charge < -0.3 is 4.42 Å². The van der Waals surface area contributed by atoms with E-state index in [0.717, 1.165) is 16.6 Å². The fourth-order valence-corrected chi connectivity index (χ4v) is 3.90. The first-order chi connectivity index (χ1) is 13.5. The Bertz CT molecular complexity index is 1030. The van der Waals surface area contributed by atoms with E-state index in [1.165, 1.54) is 11.1 Å². The zero-order valence-corrected chi connectivity index (χ0v) is 17.1. The van der Waals surface area contributed by atoms with Gasteiger partial charge in [0.05, 0.1) is 6.26 Å². The van der Waals surface area contributed by atoms with Crippen molar-refractivity contribution in [2.24, 2.45) is 0 Å². The average Bonchev–Trinajstić information content (AvgIpc) is 3.36. The topological polar surface area (TPSA) is 43.9 Å². The minimum absolute atomic E-state index is 0.164. The molecule has 0 unspecified atom stereocenters. The summed E-state index contributed by atoms with van der Waals surface area (Å²) in [6, 6.07) is 22.7. The Balaban J connectivity index is 1.62. The molecule has 0 aliphatic rings. The molecule has 0 radical (unpaired) electrons. The van der Waals surface area contributed by atoms with Crippen molar-refractivity contribution in [1.29, 1.82) is 0 Å². The van der Waals surface area contributed by atoms with Crippen molar-refractivity contribution < 1.29 is 4.42 Å². The van der Waals surface area contributed by atoms with E-state index in [1.54, 1.807) is 18.0 Å². The van der Waals surface area contributed by atoms with Gasteiger partial charge in [-0.1, -0.05) is 75.0 Å². The minimum atomic E-state index is 0.164. The molecular weight excluding hydrogens is 366 g/mol. The quantitative estimate of drug-likeness (QED) is 0.386. The van der Waals surface area contributed by atoms with Crippen LogP contribution in [0.2, 0.25) is 0 Å². The molecular formula is C23H23N3OS. The van der Waals surface area contributed by atoms with Crippen molar-refractivity contribution in [3.8, 4) is 17.3 Å². The number of rotatable bonds is 5. The lowest BCUT2D eigenvalue weighted by Crippen LogP contribution is -2.10. The Morgan fingerprint density at radius 3 is 2.29 bits per heavy atom. The molecule has 0 fully saturated rings. The molecule has 2 heterocycles. The second kappa shape index (κ2) is 7.68. The van der Waals surface area contributed by atoms with Crippen molar-refractivity contribution in [2.45, 2.75) is 37.1 Å². The number of para-hydroxylation sites is 1. The highest BCUT2D eigenvalue weighted by atomic mass is 32.2. The fraction of sp³-hybridized carbons (Fsp3) is 0.217. The molecule has 0 saturated carbocycles. The van der Waals surface area contributed by atoms with Gasteiger partial charge in [-0.05, 0) is 40.8 Å². The first-order valence-electron chi connectivity index (χ1n) is 9.29. The molecule has 5 heteroatoms. The van der Waals surface area contributed by atoms with Gasteiger partial charge in [0.2, 0.25) is 5.82 Å². The van der Waals surface area contributed by atoms with Gasteiger partial charge in [0.1, 0.15) is 0 Å². The predicted molar refractivity (Wildman–Crippen MR) is 114 cm³/mol. The predicted octanol–water partition coefficient (Wildman–Crippen LogP) is 6.12. The van der Waals surface area contributed by atoms with Crippen LogP contribution < -0.4 is 0 Å². The second-order valence-electron chi connectivity index (χ2n) is 7.69. The molecule has 0 saturated heterocycles. The van der Waals surface area contributed by atoms with Crippen molar-refractivity contribution in [2.75, 3.05) is 0 Å². The first kappa shape index (κ1) is 18.6. The van der Waals surface area contributed by atoms with Crippen LogP contribution in [-0.2, 0) is 11.2 Å². The molecule has 0 bridgehead atoms. The summed E-state index contributed by atoms with van der Waals surface area (Å²) in [4.78, 5) is 0. The van der Waals surface area contributed by atoms with Gasteiger partial charge in [-0.3, -0.25) is 4.57 Å². The molecule has 0 spiro atoms. The van der Waals surface area contributed by atoms with Crippen molar-refractivity contribution >= 4 is 11.8 Å². The molecule has 0 atom stereocenters. The molecule has 4 aromatic rings. The van der Waals surface area contributed by atoms with Crippen LogP contribution in [0.1, 0.15) is 31.9 Å². The van der Waals surface area contributed by atoms with Crippen LogP contribution in [0.5, 0.6) is 0 Å². The maximum Gasteiger partial charge on any atom is 0.205 e. The second-order valence-corrected chi connectivity index (χ2v) is 8.63. The van der Waals surface area contributed by atoms with Gasteiger partial charge in [-0.15, -0.1) is 10.2 Å². The lowest BCUT2D eigenvalue weighted by atomic mass is 9.87. The first-order valence-corrected chi connectivity index (χ1v) is 10.3. The van der Waals surface area contributed by atoms with Crippen LogP contribution in [0.25, 0.3) is 17.3 Å². The summed E-state index contributed by atoms with van der Waals surface area (Å²) >= 11 is 1.67. The smallest absolute Gasteiger partial charge is 0.205 e. The van der Waals surface area contributed by atoms with Crippen molar-refractivity contribution in [3.05, 3.63) is 84.1 Å². The summed E-state index contributed by atoms with van der Waals surface area (Å²) in [5, 5.41) is 9.67. The SMILES string of the molecule is CC(C)(C)c1ccc(CSc2nnc(-c3ccco3)n2-c2ccccc2)cc1. The lowest BCUT2D eigenvalue weighted by Gasteiger charge is -2.19. The highest BCUT2D eigenvalue weighted by Gasteiger charge is 2.18. The van der Waals surface area contributed by atoms with Crippen LogP contribution in [-0.4, -0.2) is 14.8 Å². The number of hydrogen-bond acceptors (Lipinski definition) is 4. The monoisotopic (exact) mass is 389 g/mol. The van der Waals surface area contributed by atoms with Gasteiger partial charge in [-0.25, -0.2) is 0 Å². The summed E-state index contributed by atoms with van der Waals surface area (Å²) in [5.41, 5.74) is 3.79. The minimum Gasteiger partial charge on any atom is -0.461 e. The van der Waals surface area contributed by atoms with Gasteiger partial charge in [0.15, 0.2) is 10.9 Å². The van der Waals surface area contributed by atoms with E-state index < -0.39 is 0 Å². The van der Waals surface area contributed by atoms with Gasteiger partial charge in [0.25, 0.3) is 0 Å². The van der Waals surface area contributed by atoms with E-state index in [9.17, 15) is 0 Å².